The van der Waals surface area contributed by atoms with Crippen molar-refractivity contribution in [2.75, 3.05) is 13.1 Å². The number of aromatic nitrogens is 1. The molecule has 3 heterocycles. The lowest BCUT2D eigenvalue weighted by atomic mass is 9.83. The van der Waals surface area contributed by atoms with E-state index in [9.17, 15) is 4.79 Å². The first-order chi connectivity index (χ1) is 16.2. The number of hydrogen-bond donors (Lipinski definition) is 1. The summed E-state index contributed by atoms with van der Waals surface area (Å²) >= 11 is 0. The number of aryl methyl sites for hydroxylation is 1. The third-order valence-corrected chi connectivity index (χ3v) is 7.63. The molecular formula is C28H35N3O2. The zero-order valence-electron chi connectivity index (χ0n) is 19.6. The average molecular weight is 446 g/mol. The van der Waals surface area contributed by atoms with Crippen LogP contribution in [0, 0.1) is 12.8 Å². The Balaban J connectivity index is 1.11. The molecule has 1 amide bonds. The molecule has 33 heavy (non-hydrogen) atoms. The fourth-order valence-corrected chi connectivity index (χ4v) is 5.61. The Morgan fingerprint density at radius 2 is 2.00 bits per heavy atom. The number of hydrogen-bond acceptors (Lipinski definition) is 4. The second kappa shape index (κ2) is 10.1. The van der Waals surface area contributed by atoms with E-state index in [1.165, 1.54) is 56.2 Å². The Morgan fingerprint density at radius 3 is 2.82 bits per heavy atom. The van der Waals surface area contributed by atoms with Crippen molar-refractivity contribution < 1.29 is 9.21 Å². The minimum absolute atomic E-state index is 0.00862. The minimum atomic E-state index is 0.00862. The fourth-order valence-electron chi connectivity index (χ4n) is 5.61. The van der Waals surface area contributed by atoms with Gasteiger partial charge in [0, 0.05) is 35.1 Å². The van der Waals surface area contributed by atoms with Crippen molar-refractivity contribution in [1.29, 1.82) is 0 Å². The van der Waals surface area contributed by atoms with Crippen molar-refractivity contribution in [3.63, 3.8) is 0 Å². The van der Waals surface area contributed by atoms with Crippen LogP contribution in [0.4, 0.5) is 0 Å². The molecule has 2 fully saturated rings. The summed E-state index contributed by atoms with van der Waals surface area (Å²) in [7, 11) is 0. The lowest BCUT2D eigenvalue weighted by molar-refractivity contribution is 0.0915. The molecule has 1 N–H and O–H groups in total. The van der Waals surface area contributed by atoms with Gasteiger partial charge in [-0.2, -0.15) is 0 Å². The van der Waals surface area contributed by atoms with Gasteiger partial charge in [-0.05, 0) is 95.1 Å². The van der Waals surface area contributed by atoms with Crippen molar-refractivity contribution in [1.82, 2.24) is 15.2 Å². The molecule has 1 aromatic rings. The van der Waals surface area contributed by atoms with Gasteiger partial charge in [-0.15, -0.1) is 0 Å². The number of likely N-dealkylation sites (tertiary alicyclic amines) is 1. The third-order valence-electron chi connectivity index (χ3n) is 7.63. The third kappa shape index (κ3) is 5.30. The number of fused-ring (bicyclic) bond motifs is 1. The van der Waals surface area contributed by atoms with Crippen LogP contribution in [0.15, 0.2) is 53.3 Å². The van der Waals surface area contributed by atoms with Crippen LogP contribution in [0.2, 0.25) is 0 Å². The lowest BCUT2D eigenvalue weighted by Gasteiger charge is -2.37. The van der Waals surface area contributed by atoms with Gasteiger partial charge in [-0.1, -0.05) is 18.6 Å². The minimum Gasteiger partial charge on any atom is -0.464 e. The predicted octanol–water partition coefficient (Wildman–Crippen LogP) is 5.99. The number of rotatable bonds is 6. The maximum atomic E-state index is 12.5. The maximum Gasteiger partial charge on any atom is 0.253 e. The van der Waals surface area contributed by atoms with Gasteiger partial charge < -0.3 is 9.73 Å². The number of amides is 1. The standard InChI is InChI=1S/C28H35N3O2/c1-20-8-11-23(18-29-20)28(32)30-25-12-9-21(10-13-25)14-16-31-15-3-2-6-26(31)24-17-22-5-4-7-27(22)33-19-24/h4-5,7-8,11,17-19,21,25-26H,2-3,6,9-10,12-16H2,1H3,(H,30,32). The van der Waals surface area contributed by atoms with Crippen molar-refractivity contribution in [3.8, 4) is 11.3 Å². The number of carbonyl (C=O) groups is 1. The van der Waals surface area contributed by atoms with E-state index in [0.29, 0.717) is 11.6 Å². The molecule has 0 aromatic carbocycles. The van der Waals surface area contributed by atoms with E-state index in [1.54, 1.807) is 6.20 Å². The van der Waals surface area contributed by atoms with Crippen LogP contribution in [0.3, 0.4) is 0 Å². The van der Waals surface area contributed by atoms with Crippen molar-refractivity contribution in [2.24, 2.45) is 5.92 Å². The maximum absolute atomic E-state index is 12.5. The second-order valence-electron chi connectivity index (χ2n) is 9.94. The highest BCUT2D eigenvalue weighted by atomic mass is 16.3. The Bertz CT molecular complexity index is 1020. The van der Waals surface area contributed by atoms with Gasteiger partial charge in [-0.25, -0.2) is 0 Å². The molecule has 1 saturated carbocycles. The van der Waals surface area contributed by atoms with E-state index in [-0.39, 0.29) is 11.9 Å². The van der Waals surface area contributed by atoms with Crippen LogP contribution in [-0.2, 0) is 0 Å². The molecule has 1 unspecified atom stereocenters. The summed E-state index contributed by atoms with van der Waals surface area (Å²) in [5, 5.41) is 3.22. The van der Waals surface area contributed by atoms with Crippen LogP contribution in [0.1, 0.15) is 79.0 Å². The number of carbonyl (C=O) groups excluding carboxylic acids is 1. The van der Waals surface area contributed by atoms with E-state index in [0.717, 1.165) is 36.8 Å². The fraction of sp³-hybridized carbons (Fsp3) is 0.500. The molecular weight excluding hydrogens is 410 g/mol. The highest BCUT2D eigenvalue weighted by molar-refractivity contribution is 5.94. The normalized spacial score (nSPS) is 24.1. The predicted molar refractivity (Wildman–Crippen MR) is 130 cm³/mol. The summed E-state index contributed by atoms with van der Waals surface area (Å²) in [6, 6.07) is 13.1. The van der Waals surface area contributed by atoms with E-state index in [1.807, 2.05) is 31.4 Å². The summed E-state index contributed by atoms with van der Waals surface area (Å²) in [4.78, 5) is 19.4. The highest BCUT2D eigenvalue weighted by Crippen LogP contribution is 2.36. The average Bonchev–Trinajstić information content (AvgIpc) is 3.32. The molecule has 5 rings (SSSR count). The Labute approximate surface area is 196 Å². The highest BCUT2D eigenvalue weighted by Gasteiger charge is 2.28. The quantitative estimate of drug-likeness (QED) is 0.506. The largest absolute Gasteiger partial charge is 0.464 e. The monoisotopic (exact) mass is 445 g/mol. The first-order valence-corrected chi connectivity index (χ1v) is 12.6. The molecule has 4 aliphatic rings. The van der Waals surface area contributed by atoms with Crippen LogP contribution in [0.25, 0.3) is 11.3 Å². The van der Waals surface area contributed by atoms with Crippen molar-refractivity contribution in [3.05, 3.63) is 65.7 Å². The van der Waals surface area contributed by atoms with Gasteiger partial charge in [0.25, 0.3) is 5.91 Å². The Kier molecular flexibility index (Phi) is 6.77. The van der Waals surface area contributed by atoms with Crippen molar-refractivity contribution >= 4 is 5.91 Å². The molecule has 2 aliphatic heterocycles. The zero-order chi connectivity index (χ0) is 22.6. The van der Waals surface area contributed by atoms with Gasteiger partial charge in [0.05, 0.1) is 11.8 Å². The topological polar surface area (TPSA) is 58.4 Å². The summed E-state index contributed by atoms with van der Waals surface area (Å²) in [5.74, 6) is 1.74. The molecule has 0 bridgehead atoms. The zero-order valence-corrected chi connectivity index (χ0v) is 19.6. The molecule has 5 nitrogen and oxygen atoms in total. The summed E-state index contributed by atoms with van der Waals surface area (Å²) in [6.45, 7) is 4.27. The first kappa shape index (κ1) is 22.1. The molecule has 0 spiro atoms. The van der Waals surface area contributed by atoms with Crippen molar-refractivity contribution in [2.45, 2.75) is 70.4 Å². The number of nitrogens with one attached hydrogen (secondary N) is 1. The summed E-state index contributed by atoms with van der Waals surface area (Å²) in [6.07, 6.45) is 13.2. The van der Waals surface area contributed by atoms with E-state index >= 15 is 0 Å². The first-order valence-electron chi connectivity index (χ1n) is 12.6. The SMILES string of the molecule is Cc1ccc(C(=O)NC2CCC(CCN3CCCCC3c3coc4cccc-4c3)CC2)cn1. The number of piperidine rings is 1. The Morgan fingerprint density at radius 1 is 1.12 bits per heavy atom. The number of nitrogens with zero attached hydrogens (tertiary/aromatic N) is 2. The molecule has 5 heteroatoms. The Hall–Kier alpha value is -2.66. The molecule has 0 radical (unpaired) electrons. The van der Waals surface area contributed by atoms with E-state index in [4.69, 9.17) is 4.42 Å². The van der Waals surface area contributed by atoms with Gasteiger partial charge in [0.2, 0.25) is 0 Å². The molecule has 174 valence electrons. The van der Waals surface area contributed by atoms with Crippen LogP contribution in [-0.4, -0.2) is 34.9 Å². The second-order valence-corrected chi connectivity index (χ2v) is 9.94. The van der Waals surface area contributed by atoms with Crippen LogP contribution < -0.4 is 5.32 Å². The van der Waals surface area contributed by atoms with E-state index in [2.05, 4.69) is 33.4 Å². The van der Waals surface area contributed by atoms with Crippen LogP contribution in [0.5, 0.6) is 0 Å². The molecule has 1 saturated heterocycles. The molecule has 1 aromatic heterocycles. The van der Waals surface area contributed by atoms with Gasteiger partial charge >= 0.3 is 0 Å². The van der Waals surface area contributed by atoms with Crippen LogP contribution >= 0.6 is 0 Å². The number of pyridine rings is 1. The molecule has 1 atom stereocenters. The summed E-state index contributed by atoms with van der Waals surface area (Å²) < 4.78 is 5.89. The lowest BCUT2D eigenvalue weighted by Crippen LogP contribution is -2.39. The van der Waals surface area contributed by atoms with Gasteiger partial charge in [0.15, 0.2) is 0 Å². The van der Waals surface area contributed by atoms with E-state index < -0.39 is 0 Å². The smallest absolute Gasteiger partial charge is 0.253 e. The van der Waals surface area contributed by atoms with Gasteiger partial charge in [-0.3, -0.25) is 14.7 Å². The van der Waals surface area contributed by atoms with Gasteiger partial charge in [0.1, 0.15) is 5.76 Å². The molecule has 2 aliphatic carbocycles. The summed E-state index contributed by atoms with van der Waals surface area (Å²) in [5.41, 5.74) is 4.12.